The number of carbonyl (C=O) groups is 1. The fraction of sp³-hybridized carbons (Fsp3) is 0.188. The first kappa shape index (κ1) is 16.7. The summed E-state index contributed by atoms with van der Waals surface area (Å²) in [5, 5.41) is 12.0. The topological polar surface area (TPSA) is 105 Å². The third kappa shape index (κ3) is 2.97. The second-order valence-electron chi connectivity index (χ2n) is 5.63. The van der Waals surface area contributed by atoms with Gasteiger partial charge in [-0.3, -0.25) is 19.0 Å². The van der Waals surface area contributed by atoms with Crippen molar-refractivity contribution in [1.82, 2.24) is 24.6 Å². The number of anilines is 1. The molecular formula is C16H14N6O2S2. The lowest BCUT2D eigenvalue weighted by Gasteiger charge is -2.05. The van der Waals surface area contributed by atoms with Gasteiger partial charge in [0.25, 0.3) is 5.56 Å². The number of nitrogens with zero attached hydrogens (tertiary/aromatic N) is 4. The number of thiazole rings is 1. The Hall–Kier alpha value is -2.72. The van der Waals surface area contributed by atoms with E-state index in [1.807, 2.05) is 31.2 Å². The van der Waals surface area contributed by atoms with Crippen molar-refractivity contribution < 1.29 is 4.79 Å². The van der Waals surface area contributed by atoms with E-state index in [0.29, 0.717) is 21.6 Å². The highest BCUT2D eigenvalue weighted by atomic mass is 32.2. The number of rotatable bonds is 4. The summed E-state index contributed by atoms with van der Waals surface area (Å²) < 4.78 is 2.76. The molecule has 1 amide bonds. The van der Waals surface area contributed by atoms with E-state index in [-0.39, 0.29) is 17.2 Å². The first-order chi connectivity index (χ1) is 12.5. The third-order valence-corrected chi connectivity index (χ3v) is 5.83. The molecule has 0 saturated heterocycles. The molecule has 3 aromatic heterocycles. The molecule has 0 fully saturated rings. The second-order valence-corrected chi connectivity index (χ2v) is 7.60. The van der Waals surface area contributed by atoms with E-state index in [9.17, 15) is 9.59 Å². The van der Waals surface area contributed by atoms with E-state index in [0.717, 1.165) is 15.9 Å². The zero-order valence-corrected chi connectivity index (χ0v) is 15.6. The average molecular weight is 386 g/mol. The lowest BCUT2D eigenvalue weighted by Crippen LogP contribution is -2.16. The van der Waals surface area contributed by atoms with Crippen molar-refractivity contribution in [2.24, 2.45) is 0 Å². The summed E-state index contributed by atoms with van der Waals surface area (Å²) in [4.78, 5) is 31.1. The molecule has 3 heterocycles. The predicted octanol–water partition coefficient (Wildman–Crippen LogP) is 2.37. The zero-order chi connectivity index (χ0) is 18.3. The van der Waals surface area contributed by atoms with Gasteiger partial charge in [0.05, 0.1) is 16.0 Å². The van der Waals surface area contributed by atoms with Crippen LogP contribution in [-0.4, -0.2) is 36.2 Å². The lowest BCUT2D eigenvalue weighted by molar-refractivity contribution is -0.113. The SMILES string of the molecule is Cc1c(C)n2c(SCC(=O)Nc3nc4ccccc4s3)nnc2[nH]c1=O. The van der Waals surface area contributed by atoms with Gasteiger partial charge in [0.1, 0.15) is 0 Å². The molecule has 0 saturated carbocycles. The number of hydrogen-bond acceptors (Lipinski definition) is 7. The van der Waals surface area contributed by atoms with Gasteiger partial charge in [0.15, 0.2) is 10.3 Å². The minimum atomic E-state index is -0.187. The Morgan fingerprint density at radius 1 is 1.31 bits per heavy atom. The van der Waals surface area contributed by atoms with Crippen LogP contribution in [0.15, 0.2) is 34.2 Å². The van der Waals surface area contributed by atoms with E-state index in [1.165, 1.54) is 23.1 Å². The number of para-hydroxylation sites is 1. The number of thioether (sulfide) groups is 1. The molecule has 4 aromatic rings. The average Bonchev–Trinajstić information content (AvgIpc) is 3.21. The summed E-state index contributed by atoms with van der Waals surface area (Å²) in [6, 6.07) is 7.72. The highest BCUT2D eigenvalue weighted by Crippen LogP contribution is 2.26. The van der Waals surface area contributed by atoms with Crippen LogP contribution in [-0.2, 0) is 4.79 Å². The van der Waals surface area contributed by atoms with Crippen LogP contribution in [0, 0.1) is 13.8 Å². The highest BCUT2D eigenvalue weighted by molar-refractivity contribution is 7.99. The van der Waals surface area contributed by atoms with Gasteiger partial charge in [-0.05, 0) is 26.0 Å². The smallest absolute Gasteiger partial charge is 0.255 e. The summed E-state index contributed by atoms with van der Waals surface area (Å²) in [6.45, 7) is 3.56. The molecule has 2 N–H and O–H groups in total. The first-order valence-electron chi connectivity index (χ1n) is 7.76. The molecule has 8 nitrogen and oxygen atoms in total. The summed E-state index contributed by atoms with van der Waals surface area (Å²) in [5.41, 5.74) is 2.02. The normalized spacial score (nSPS) is 11.3. The van der Waals surface area contributed by atoms with Crippen molar-refractivity contribution in [3.63, 3.8) is 0 Å². The quantitative estimate of drug-likeness (QED) is 0.522. The number of carbonyl (C=O) groups excluding carboxylic acids is 1. The largest absolute Gasteiger partial charge is 0.301 e. The fourth-order valence-corrected chi connectivity index (χ4v) is 4.15. The van der Waals surface area contributed by atoms with Gasteiger partial charge < -0.3 is 5.32 Å². The summed E-state index contributed by atoms with van der Waals surface area (Å²) >= 11 is 2.68. The van der Waals surface area contributed by atoms with Crippen LogP contribution in [0.1, 0.15) is 11.3 Å². The highest BCUT2D eigenvalue weighted by Gasteiger charge is 2.15. The standard InChI is InChI=1S/C16H14N6O2S2/c1-8-9(2)22-14(19-13(8)24)20-21-16(22)25-7-12(23)18-15-17-10-5-3-4-6-11(10)26-15/h3-6H,7H2,1-2H3,(H,17,18,23)(H,19,20,24). The molecule has 0 unspecified atom stereocenters. The number of nitrogens with one attached hydrogen (secondary N) is 2. The van der Waals surface area contributed by atoms with Crippen molar-refractivity contribution in [2.45, 2.75) is 19.0 Å². The molecule has 0 aliphatic rings. The number of aromatic amines is 1. The van der Waals surface area contributed by atoms with Crippen molar-refractivity contribution in [2.75, 3.05) is 11.1 Å². The Morgan fingerprint density at radius 2 is 2.12 bits per heavy atom. The van der Waals surface area contributed by atoms with E-state index >= 15 is 0 Å². The Bertz CT molecular complexity index is 1160. The van der Waals surface area contributed by atoms with Crippen LogP contribution in [0.2, 0.25) is 0 Å². The van der Waals surface area contributed by atoms with Crippen molar-refractivity contribution in [1.29, 1.82) is 0 Å². The van der Waals surface area contributed by atoms with Crippen molar-refractivity contribution in [3.8, 4) is 0 Å². The van der Waals surface area contributed by atoms with Gasteiger partial charge in [-0.15, -0.1) is 10.2 Å². The van der Waals surface area contributed by atoms with E-state index in [1.54, 1.807) is 11.3 Å². The minimum Gasteiger partial charge on any atom is -0.301 e. The molecule has 10 heteroatoms. The summed E-state index contributed by atoms with van der Waals surface area (Å²) in [7, 11) is 0. The Morgan fingerprint density at radius 3 is 2.92 bits per heavy atom. The molecule has 1 aromatic carbocycles. The lowest BCUT2D eigenvalue weighted by atomic mass is 10.3. The maximum atomic E-state index is 12.2. The Balaban J connectivity index is 1.50. The Kier molecular flexibility index (Phi) is 4.21. The number of H-pyrrole nitrogens is 1. The maximum Gasteiger partial charge on any atom is 0.255 e. The van der Waals surface area contributed by atoms with Gasteiger partial charge in [0, 0.05) is 11.3 Å². The monoisotopic (exact) mass is 386 g/mol. The minimum absolute atomic E-state index is 0.161. The van der Waals surface area contributed by atoms with Gasteiger partial charge in [0.2, 0.25) is 11.7 Å². The van der Waals surface area contributed by atoms with Crippen LogP contribution in [0.5, 0.6) is 0 Å². The number of amides is 1. The summed E-state index contributed by atoms with van der Waals surface area (Å²) in [5.74, 6) is 0.353. The van der Waals surface area contributed by atoms with Gasteiger partial charge in [-0.2, -0.15) is 0 Å². The van der Waals surface area contributed by atoms with E-state index in [2.05, 4.69) is 25.5 Å². The van der Waals surface area contributed by atoms with Crippen molar-refractivity contribution in [3.05, 3.63) is 45.9 Å². The van der Waals surface area contributed by atoms with Gasteiger partial charge in [-0.25, -0.2) is 4.98 Å². The maximum absolute atomic E-state index is 12.2. The molecular weight excluding hydrogens is 372 g/mol. The van der Waals surface area contributed by atoms with E-state index < -0.39 is 0 Å². The molecule has 0 bridgehead atoms. The van der Waals surface area contributed by atoms with E-state index in [4.69, 9.17) is 0 Å². The van der Waals surface area contributed by atoms with Gasteiger partial charge in [-0.1, -0.05) is 35.2 Å². The van der Waals surface area contributed by atoms with Crippen LogP contribution < -0.4 is 10.9 Å². The number of aryl methyl sites for hydroxylation is 1. The first-order valence-corrected chi connectivity index (χ1v) is 9.56. The van der Waals surface area contributed by atoms with Crippen LogP contribution >= 0.6 is 23.1 Å². The van der Waals surface area contributed by atoms with Crippen LogP contribution in [0.3, 0.4) is 0 Å². The molecule has 132 valence electrons. The number of benzene rings is 1. The molecule has 0 aliphatic heterocycles. The number of hydrogen-bond donors (Lipinski definition) is 2. The molecule has 4 rings (SSSR count). The van der Waals surface area contributed by atoms with Crippen LogP contribution in [0.4, 0.5) is 5.13 Å². The molecule has 0 atom stereocenters. The van der Waals surface area contributed by atoms with Crippen molar-refractivity contribution >= 4 is 50.1 Å². The number of fused-ring (bicyclic) bond motifs is 2. The zero-order valence-electron chi connectivity index (χ0n) is 13.9. The molecule has 0 spiro atoms. The predicted molar refractivity (Wildman–Crippen MR) is 102 cm³/mol. The molecule has 26 heavy (non-hydrogen) atoms. The van der Waals surface area contributed by atoms with Crippen LogP contribution in [0.25, 0.3) is 16.0 Å². The molecule has 0 radical (unpaired) electrons. The second kappa shape index (κ2) is 6.54. The van der Waals surface area contributed by atoms with Gasteiger partial charge >= 0.3 is 0 Å². The Labute approximate surface area is 155 Å². The number of aromatic nitrogens is 5. The third-order valence-electron chi connectivity index (χ3n) is 3.95. The summed E-state index contributed by atoms with van der Waals surface area (Å²) in [6.07, 6.45) is 0. The molecule has 0 aliphatic carbocycles. The fourth-order valence-electron chi connectivity index (χ4n) is 2.49.